The molecular weight excluding hydrogens is 367 g/mol. The van der Waals surface area contributed by atoms with Crippen molar-refractivity contribution in [2.45, 2.75) is 18.5 Å². The van der Waals surface area contributed by atoms with Crippen LogP contribution < -0.4 is 9.46 Å². The fraction of sp³-hybridized carbons (Fsp3) is 0.400. The van der Waals surface area contributed by atoms with Gasteiger partial charge in [0.2, 0.25) is 10.0 Å². The van der Waals surface area contributed by atoms with Crippen LogP contribution in [0.5, 0.6) is 5.75 Å². The number of aliphatic hydroxyl groups is 1. The van der Waals surface area contributed by atoms with Crippen LogP contribution in [0.3, 0.4) is 0 Å². The lowest BCUT2D eigenvalue weighted by molar-refractivity contribution is -0.274. The van der Waals surface area contributed by atoms with Gasteiger partial charge in [-0.3, -0.25) is 4.72 Å². The van der Waals surface area contributed by atoms with E-state index < -0.39 is 34.0 Å². The van der Waals surface area contributed by atoms with Crippen molar-refractivity contribution < 1.29 is 31.4 Å². The lowest BCUT2D eigenvalue weighted by atomic mass is 10.3. The molecule has 0 spiro atoms. The van der Waals surface area contributed by atoms with Gasteiger partial charge in [0.15, 0.2) is 5.75 Å². The number of alkyl halides is 3. The van der Waals surface area contributed by atoms with Gasteiger partial charge in [-0.25, -0.2) is 8.42 Å². The molecule has 0 aliphatic heterocycles. The quantitative estimate of drug-likeness (QED) is 0.826. The maximum atomic E-state index is 12.3. The van der Waals surface area contributed by atoms with Gasteiger partial charge in [-0.2, -0.15) is 0 Å². The molecule has 1 aromatic rings. The molecule has 0 aliphatic rings. The molecule has 0 radical (unpaired) electrons. The molecule has 0 saturated heterocycles. The first-order valence-electron chi connectivity index (χ1n) is 5.23. The number of sulfonamides is 1. The maximum absolute atomic E-state index is 12.3. The number of hydrogen-bond acceptors (Lipinski definition) is 4. The van der Waals surface area contributed by atoms with Crippen molar-refractivity contribution in [2.24, 2.45) is 0 Å². The second kappa shape index (κ2) is 6.19. The molecule has 114 valence electrons. The number of anilines is 1. The summed E-state index contributed by atoms with van der Waals surface area (Å²) in [6.45, 7) is 0.548. The van der Waals surface area contributed by atoms with Crippen molar-refractivity contribution in [2.75, 3.05) is 11.3 Å². The summed E-state index contributed by atoms with van der Waals surface area (Å²) in [6.07, 6.45) is -4.95. The third-order valence-electron chi connectivity index (χ3n) is 2.21. The predicted molar refractivity (Wildman–Crippen MR) is 69.9 cm³/mol. The van der Waals surface area contributed by atoms with Gasteiger partial charge in [-0.05, 0) is 25.1 Å². The molecule has 0 saturated carbocycles. The number of hydrogen-bond donors (Lipinski definition) is 2. The van der Waals surface area contributed by atoms with E-state index in [9.17, 15) is 21.6 Å². The van der Waals surface area contributed by atoms with Gasteiger partial charge in [0, 0.05) is 4.47 Å². The van der Waals surface area contributed by atoms with Crippen LogP contribution in [0.25, 0.3) is 0 Å². The van der Waals surface area contributed by atoms with E-state index in [2.05, 4.69) is 20.7 Å². The number of aliphatic hydroxyl groups excluding tert-OH is 1. The van der Waals surface area contributed by atoms with Crippen molar-refractivity contribution in [3.8, 4) is 5.75 Å². The second-order valence-corrected chi connectivity index (χ2v) is 6.84. The Morgan fingerprint density at radius 1 is 1.45 bits per heavy atom. The third kappa shape index (κ3) is 4.84. The molecule has 1 atom stereocenters. The first-order chi connectivity index (χ1) is 9.05. The summed E-state index contributed by atoms with van der Waals surface area (Å²) in [5.41, 5.74) is -0.370. The standard InChI is InChI=1S/C10H11BrF3NO4S/c1-6(5-16)20(17,18)15-8-3-2-7(11)4-9(8)19-10(12,13)14/h2-4,6,15-16H,5H2,1H3. The summed E-state index contributed by atoms with van der Waals surface area (Å²) in [5, 5.41) is 7.63. The Labute approximate surface area is 121 Å². The van der Waals surface area contributed by atoms with Crippen molar-refractivity contribution in [3.63, 3.8) is 0 Å². The van der Waals surface area contributed by atoms with Crippen LogP contribution in [0.2, 0.25) is 0 Å². The zero-order valence-electron chi connectivity index (χ0n) is 10.1. The van der Waals surface area contributed by atoms with E-state index in [1.807, 2.05) is 4.72 Å². The summed E-state index contributed by atoms with van der Waals surface area (Å²) in [7, 11) is -4.02. The Balaban J connectivity index is 3.13. The van der Waals surface area contributed by atoms with E-state index in [1.54, 1.807) is 0 Å². The minimum atomic E-state index is -4.95. The highest BCUT2D eigenvalue weighted by atomic mass is 79.9. The number of nitrogens with one attached hydrogen (secondary N) is 1. The minimum absolute atomic E-state index is 0.287. The number of ether oxygens (including phenoxy) is 1. The fourth-order valence-corrected chi connectivity index (χ4v) is 2.35. The van der Waals surface area contributed by atoms with Crippen LogP contribution in [0.15, 0.2) is 22.7 Å². The number of rotatable bonds is 5. The Morgan fingerprint density at radius 3 is 2.55 bits per heavy atom. The first-order valence-corrected chi connectivity index (χ1v) is 7.57. The Hall–Kier alpha value is -1.00. The van der Waals surface area contributed by atoms with E-state index in [1.165, 1.54) is 13.0 Å². The van der Waals surface area contributed by atoms with Crippen LogP contribution in [0.1, 0.15) is 6.92 Å². The molecule has 1 aromatic carbocycles. The molecule has 0 heterocycles. The molecule has 1 unspecified atom stereocenters. The Bertz CT molecular complexity index is 576. The summed E-state index contributed by atoms with van der Waals surface area (Å²) in [6, 6.07) is 3.45. The number of halogens is 4. The Kier molecular flexibility index (Phi) is 5.27. The van der Waals surface area contributed by atoms with E-state index in [-0.39, 0.29) is 10.2 Å². The molecule has 1 rings (SSSR count). The molecule has 20 heavy (non-hydrogen) atoms. The number of benzene rings is 1. The maximum Gasteiger partial charge on any atom is 0.573 e. The van der Waals surface area contributed by atoms with Gasteiger partial charge in [0.1, 0.15) is 5.25 Å². The fourth-order valence-electron chi connectivity index (χ4n) is 1.14. The molecule has 0 amide bonds. The average Bonchev–Trinajstić information content (AvgIpc) is 2.29. The molecule has 0 aromatic heterocycles. The Morgan fingerprint density at radius 2 is 2.05 bits per heavy atom. The summed E-state index contributed by atoms with van der Waals surface area (Å²) in [4.78, 5) is 0. The minimum Gasteiger partial charge on any atom is -0.403 e. The van der Waals surface area contributed by atoms with E-state index >= 15 is 0 Å². The van der Waals surface area contributed by atoms with Gasteiger partial charge in [0.25, 0.3) is 0 Å². The molecule has 5 nitrogen and oxygen atoms in total. The van der Waals surface area contributed by atoms with Crippen LogP contribution in [0.4, 0.5) is 18.9 Å². The van der Waals surface area contributed by atoms with Crippen molar-refractivity contribution in [1.29, 1.82) is 0 Å². The zero-order chi connectivity index (χ0) is 15.6. The van der Waals surface area contributed by atoms with Crippen molar-refractivity contribution >= 4 is 31.6 Å². The molecule has 0 fully saturated rings. The largest absolute Gasteiger partial charge is 0.573 e. The van der Waals surface area contributed by atoms with Crippen LogP contribution in [0, 0.1) is 0 Å². The summed E-state index contributed by atoms with van der Waals surface area (Å²) in [5.74, 6) is -0.694. The van der Waals surface area contributed by atoms with Crippen molar-refractivity contribution in [3.05, 3.63) is 22.7 Å². The van der Waals surface area contributed by atoms with Crippen LogP contribution in [-0.2, 0) is 10.0 Å². The SMILES string of the molecule is CC(CO)S(=O)(=O)Nc1ccc(Br)cc1OC(F)(F)F. The highest BCUT2D eigenvalue weighted by Gasteiger charge is 2.33. The molecular formula is C10H11BrF3NO4S. The highest BCUT2D eigenvalue weighted by molar-refractivity contribution is 9.10. The van der Waals surface area contributed by atoms with Gasteiger partial charge in [-0.15, -0.1) is 13.2 Å². The van der Waals surface area contributed by atoms with Gasteiger partial charge < -0.3 is 9.84 Å². The van der Waals surface area contributed by atoms with E-state index in [0.29, 0.717) is 0 Å². The summed E-state index contributed by atoms with van der Waals surface area (Å²) < 4.78 is 66.2. The normalized spacial score (nSPS) is 13.9. The molecule has 10 heteroatoms. The summed E-state index contributed by atoms with van der Waals surface area (Å²) >= 11 is 2.96. The monoisotopic (exact) mass is 377 g/mol. The highest BCUT2D eigenvalue weighted by Crippen LogP contribution is 2.33. The lowest BCUT2D eigenvalue weighted by Crippen LogP contribution is -2.28. The van der Waals surface area contributed by atoms with Crippen LogP contribution in [-0.4, -0.2) is 31.7 Å². The average molecular weight is 378 g/mol. The zero-order valence-corrected chi connectivity index (χ0v) is 12.5. The predicted octanol–water partition coefficient (Wildman–Crippen LogP) is 2.47. The van der Waals surface area contributed by atoms with Crippen LogP contribution >= 0.6 is 15.9 Å². The van der Waals surface area contributed by atoms with E-state index in [4.69, 9.17) is 5.11 Å². The third-order valence-corrected chi connectivity index (χ3v) is 4.41. The van der Waals surface area contributed by atoms with Crippen molar-refractivity contribution in [1.82, 2.24) is 0 Å². The lowest BCUT2D eigenvalue weighted by Gasteiger charge is -2.17. The van der Waals surface area contributed by atoms with E-state index in [0.717, 1.165) is 12.1 Å². The topological polar surface area (TPSA) is 75.6 Å². The molecule has 0 aliphatic carbocycles. The molecule has 0 bridgehead atoms. The molecule has 2 N–H and O–H groups in total. The smallest absolute Gasteiger partial charge is 0.403 e. The first kappa shape index (κ1) is 17.1. The van der Waals surface area contributed by atoms with Gasteiger partial charge in [0.05, 0.1) is 12.3 Å². The van der Waals surface area contributed by atoms with Gasteiger partial charge >= 0.3 is 6.36 Å². The second-order valence-electron chi connectivity index (χ2n) is 3.83. The van der Waals surface area contributed by atoms with Gasteiger partial charge in [-0.1, -0.05) is 15.9 Å².